The van der Waals surface area contributed by atoms with Crippen LogP contribution in [0.25, 0.3) is 11.2 Å². The van der Waals surface area contributed by atoms with E-state index in [0.717, 1.165) is 0 Å². The first-order chi connectivity index (χ1) is 14.0. The Morgan fingerprint density at radius 2 is 2.10 bits per heavy atom. The van der Waals surface area contributed by atoms with Crippen molar-refractivity contribution in [2.75, 3.05) is 18.0 Å². The van der Waals surface area contributed by atoms with E-state index in [0.29, 0.717) is 30.0 Å². The number of fused-ring (bicyclic) bond motifs is 1. The van der Waals surface area contributed by atoms with Gasteiger partial charge in [-0.25, -0.2) is 15.0 Å². The van der Waals surface area contributed by atoms with Crippen LogP contribution in [-0.4, -0.2) is 58.6 Å². The number of hydrogen-bond donors (Lipinski definition) is 1. The molecule has 2 aromatic rings. The number of rotatable bonds is 7. The van der Waals surface area contributed by atoms with Gasteiger partial charge in [-0.2, -0.15) is 0 Å². The highest BCUT2D eigenvalue weighted by Gasteiger charge is 2.42. The van der Waals surface area contributed by atoms with Gasteiger partial charge in [-0.15, -0.1) is 0 Å². The van der Waals surface area contributed by atoms with Gasteiger partial charge in [0.25, 0.3) is 0 Å². The van der Waals surface area contributed by atoms with Crippen LogP contribution >= 0.6 is 11.6 Å². The molecule has 3 rings (SSSR count). The summed E-state index contributed by atoms with van der Waals surface area (Å²) in [6.45, 7) is 12.9. The van der Waals surface area contributed by atoms with E-state index in [9.17, 15) is 4.79 Å². The zero-order valence-corrected chi connectivity index (χ0v) is 20.1. The molecule has 1 aliphatic heterocycles. The number of hydrogen-bond acceptors (Lipinski definition) is 7. The zero-order valence-electron chi connectivity index (χ0n) is 18.3. The lowest BCUT2D eigenvalue weighted by Crippen LogP contribution is -2.44. The first-order valence-electron chi connectivity index (χ1n) is 9.95. The number of ether oxygens (including phenoxy) is 2. The molecule has 30 heavy (non-hydrogen) atoms. The molecule has 0 bridgehead atoms. The second-order valence-electron chi connectivity index (χ2n) is 8.98. The number of amides is 1. The lowest BCUT2D eigenvalue weighted by Gasteiger charge is -2.37. The molecule has 1 saturated heterocycles. The van der Waals surface area contributed by atoms with Crippen LogP contribution in [0.5, 0.6) is 0 Å². The van der Waals surface area contributed by atoms with Gasteiger partial charge in [-0.05, 0) is 18.1 Å². The monoisotopic (exact) mass is 455 g/mol. The number of anilines is 1. The SMILES string of the molecule is CC(=O)Nc1ncnc2c1ncn2[C@H]1C[C@H](OCCl)[C@@H](CO[Si](C)(C)C(C)(C)C)O1. The van der Waals surface area contributed by atoms with Crippen LogP contribution in [0.3, 0.4) is 0 Å². The number of imidazole rings is 1. The Labute approximate surface area is 182 Å². The van der Waals surface area contributed by atoms with Crippen molar-refractivity contribution < 1.29 is 18.7 Å². The largest absolute Gasteiger partial charge is 0.414 e. The average Bonchev–Trinajstić information content (AvgIpc) is 3.23. The van der Waals surface area contributed by atoms with Gasteiger partial charge in [-0.1, -0.05) is 32.4 Å². The summed E-state index contributed by atoms with van der Waals surface area (Å²) in [4.78, 5) is 24.3. The summed E-state index contributed by atoms with van der Waals surface area (Å²) in [6.07, 6.45) is 2.83. The smallest absolute Gasteiger partial charge is 0.222 e. The Bertz CT molecular complexity index is 901. The molecule has 166 valence electrons. The normalized spacial score (nSPS) is 22.6. The number of halogens is 1. The van der Waals surface area contributed by atoms with Crippen LogP contribution in [-0.2, 0) is 18.7 Å². The third kappa shape index (κ3) is 4.83. The maximum atomic E-state index is 11.4. The molecule has 3 heterocycles. The topological polar surface area (TPSA) is 100 Å². The van der Waals surface area contributed by atoms with E-state index in [1.807, 2.05) is 4.57 Å². The first-order valence-corrected chi connectivity index (χ1v) is 13.4. The van der Waals surface area contributed by atoms with E-state index >= 15 is 0 Å². The van der Waals surface area contributed by atoms with Crippen molar-refractivity contribution in [2.45, 2.75) is 70.7 Å². The van der Waals surface area contributed by atoms with E-state index in [-0.39, 0.29) is 35.4 Å². The number of nitrogens with one attached hydrogen (secondary N) is 1. The molecule has 0 aliphatic carbocycles. The number of carbonyl (C=O) groups excluding carboxylic acids is 1. The quantitative estimate of drug-likeness (QED) is 0.502. The van der Waals surface area contributed by atoms with Gasteiger partial charge in [0.15, 0.2) is 25.3 Å². The maximum absolute atomic E-state index is 11.4. The molecule has 1 amide bonds. The van der Waals surface area contributed by atoms with Crippen molar-refractivity contribution in [2.24, 2.45) is 0 Å². The van der Waals surface area contributed by atoms with Gasteiger partial charge < -0.3 is 19.2 Å². The highest BCUT2D eigenvalue weighted by atomic mass is 35.5. The van der Waals surface area contributed by atoms with Gasteiger partial charge in [0.1, 0.15) is 24.7 Å². The second kappa shape index (κ2) is 8.87. The van der Waals surface area contributed by atoms with Crippen molar-refractivity contribution in [3.8, 4) is 0 Å². The Morgan fingerprint density at radius 3 is 2.73 bits per heavy atom. The van der Waals surface area contributed by atoms with Crippen molar-refractivity contribution in [3.05, 3.63) is 12.7 Å². The molecular formula is C19H30ClN5O4Si. The standard InChI is InChI=1S/C19H30ClN5O4Si/c1-12(26)24-17-16-18(22-10-21-17)25(11-23-16)15-7-13(27-9-20)14(29-15)8-28-30(5,6)19(2,3)4/h10-11,13-15H,7-9H2,1-6H3,(H,21,22,24,26)/t13-,14+,15+/m0/s1. The molecule has 2 aromatic heterocycles. The summed E-state index contributed by atoms with van der Waals surface area (Å²) in [5.41, 5.74) is 1.08. The Morgan fingerprint density at radius 1 is 1.37 bits per heavy atom. The summed E-state index contributed by atoms with van der Waals surface area (Å²) in [5.74, 6) is 0.149. The molecule has 1 fully saturated rings. The fourth-order valence-electron chi connectivity index (χ4n) is 3.11. The van der Waals surface area contributed by atoms with Crippen LogP contribution < -0.4 is 5.32 Å². The third-order valence-corrected chi connectivity index (χ3v) is 10.5. The summed E-state index contributed by atoms with van der Waals surface area (Å²) >= 11 is 5.86. The molecule has 0 saturated carbocycles. The second-order valence-corrected chi connectivity index (χ2v) is 14.0. The summed E-state index contributed by atoms with van der Waals surface area (Å²) in [5, 5.41) is 2.78. The molecule has 0 aromatic carbocycles. The van der Waals surface area contributed by atoms with Gasteiger partial charge in [0.2, 0.25) is 5.91 Å². The molecule has 1 N–H and O–H groups in total. The summed E-state index contributed by atoms with van der Waals surface area (Å²) < 4.78 is 20.2. The van der Waals surface area contributed by atoms with Gasteiger partial charge in [0, 0.05) is 13.3 Å². The number of carbonyl (C=O) groups is 1. The van der Waals surface area contributed by atoms with Crippen LogP contribution in [0.4, 0.5) is 5.82 Å². The minimum absolute atomic E-state index is 0.0802. The van der Waals surface area contributed by atoms with Gasteiger partial charge in [-0.3, -0.25) is 9.36 Å². The van der Waals surface area contributed by atoms with E-state index in [2.05, 4.69) is 54.1 Å². The van der Waals surface area contributed by atoms with E-state index in [1.165, 1.54) is 13.3 Å². The van der Waals surface area contributed by atoms with Crippen molar-refractivity contribution >= 4 is 42.8 Å². The molecule has 0 spiro atoms. The zero-order chi connectivity index (χ0) is 22.1. The van der Waals surface area contributed by atoms with Gasteiger partial charge >= 0.3 is 0 Å². The molecule has 0 radical (unpaired) electrons. The molecule has 1 aliphatic rings. The minimum Gasteiger partial charge on any atom is -0.414 e. The molecular weight excluding hydrogens is 426 g/mol. The molecule has 11 heteroatoms. The Balaban J connectivity index is 1.80. The fraction of sp³-hybridized carbons (Fsp3) is 0.684. The van der Waals surface area contributed by atoms with Crippen LogP contribution in [0, 0.1) is 0 Å². The maximum Gasteiger partial charge on any atom is 0.222 e. The predicted octanol–water partition coefficient (Wildman–Crippen LogP) is 3.68. The number of aromatic nitrogens is 4. The Hall–Kier alpha value is -1.59. The van der Waals surface area contributed by atoms with Crippen molar-refractivity contribution in [3.63, 3.8) is 0 Å². The lowest BCUT2D eigenvalue weighted by molar-refractivity contribution is -0.114. The molecule has 3 atom stereocenters. The highest BCUT2D eigenvalue weighted by molar-refractivity contribution is 6.74. The van der Waals surface area contributed by atoms with Crippen LogP contribution in [0.15, 0.2) is 12.7 Å². The fourth-order valence-corrected chi connectivity index (χ4v) is 4.28. The van der Waals surface area contributed by atoms with E-state index in [1.54, 1.807) is 6.33 Å². The van der Waals surface area contributed by atoms with Crippen LogP contribution in [0.1, 0.15) is 40.3 Å². The van der Waals surface area contributed by atoms with Gasteiger partial charge in [0.05, 0.1) is 19.0 Å². The number of alkyl halides is 1. The van der Waals surface area contributed by atoms with Crippen LogP contribution in [0.2, 0.25) is 18.1 Å². The summed E-state index contributed by atoms with van der Waals surface area (Å²) in [6, 6.07) is 0.0802. The van der Waals surface area contributed by atoms with E-state index < -0.39 is 8.32 Å². The van der Waals surface area contributed by atoms with Crippen molar-refractivity contribution in [1.82, 2.24) is 19.5 Å². The van der Waals surface area contributed by atoms with Crippen molar-refractivity contribution in [1.29, 1.82) is 0 Å². The minimum atomic E-state index is -1.93. The summed E-state index contributed by atoms with van der Waals surface area (Å²) in [7, 11) is -1.93. The predicted molar refractivity (Wildman–Crippen MR) is 117 cm³/mol. The number of nitrogens with zero attached hydrogens (tertiary/aromatic N) is 4. The van der Waals surface area contributed by atoms with E-state index in [4.69, 9.17) is 25.5 Å². The lowest BCUT2D eigenvalue weighted by atomic mass is 10.2. The highest BCUT2D eigenvalue weighted by Crippen LogP contribution is 2.38. The molecule has 0 unspecified atom stereocenters. The average molecular weight is 456 g/mol. The Kier molecular flexibility index (Phi) is 6.83. The first kappa shape index (κ1) is 23.1. The third-order valence-electron chi connectivity index (χ3n) is 5.84. The molecule has 9 nitrogen and oxygen atoms in total.